The summed E-state index contributed by atoms with van der Waals surface area (Å²) in [6, 6.07) is 3.75. The van der Waals surface area contributed by atoms with E-state index in [0.717, 1.165) is 25.7 Å². The Labute approximate surface area is 129 Å². The van der Waals surface area contributed by atoms with Crippen LogP contribution in [0.1, 0.15) is 42.5 Å². The Kier molecular flexibility index (Phi) is 5.32. The number of benzene rings is 1. The first-order valence-electron chi connectivity index (χ1n) is 7.57. The van der Waals surface area contributed by atoms with Gasteiger partial charge in [-0.2, -0.15) is 0 Å². The molecule has 1 aliphatic carbocycles. The molecule has 22 heavy (non-hydrogen) atoms. The number of nitrogen functional groups attached to an aromatic ring is 1. The Morgan fingerprint density at radius 2 is 2.05 bits per heavy atom. The summed E-state index contributed by atoms with van der Waals surface area (Å²) in [5.74, 6) is -0.0372. The lowest BCUT2D eigenvalue weighted by Gasteiger charge is -2.30. The molecule has 1 amide bonds. The number of amides is 1. The Morgan fingerprint density at radius 3 is 2.64 bits per heavy atom. The predicted molar refractivity (Wildman–Crippen MR) is 84.4 cm³/mol. The van der Waals surface area contributed by atoms with Gasteiger partial charge in [0.25, 0.3) is 11.6 Å². The molecule has 1 unspecified atom stereocenters. The Morgan fingerprint density at radius 1 is 1.36 bits per heavy atom. The van der Waals surface area contributed by atoms with E-state index in [-0.39, 0.29) is 23.0 Å². The fourth-order valence-electron chi connectivity index (χ4n) is 3.01. The van der Waals surface area contributed by atoms with Crippen molar-refractivity contribution in [2.24, 2.45) is 11.7 Å². The van der Waals surface area contributed by atoms with Crippen LogP contribution < -0.4 is 16.8 Å². The molecule has 0 heterocycles. The summed E-state index contributed by atoms with van der Waals surface area (Å²) >= 11 is 0. The summed E-state index contributed by atoms with van der Waals surface area (Å²) in [7, 11) is 0. The van der Waals surface area contributed by atoms with Crippen molar-refractivity contribution in [3.05, 3.63) is 33.9 Å². The summed E-state index contributed by atoms with van der Waals surface area (Å²) in [4.78, 5) is 22.7. The zero-order valence-corrected chi connectivity index (χ0v) is 12.5. The minimum atomic E-state index is -0.544. The van der Waals surface area contributed by atoms with Gasteiger partial charge in [-0.1, -0.05) is 19.3 Å². The average Bonchev–Trinajstić information content (AvgIpc) is 2.53. The third kappa shape index (κ3) is 3.73. The molecule has 1 fully saturated rings. The largest absolute Gasteiger partial charge is 0.398 e. The van der Waals surface area contributed by atoms with Crippen LogP contribution in [0.15, 0.2) is 18.2 Å². The van der Waals surface area contributed by atoms with Gasteiger partial charge in [-0.25, -0.2) is 0 Å². The van der Waals surface area contributed by atoms with Crippen molar-refractivity contribution >= 4 is 17.3 Å². The monoisotopic (exact) mass is 306 g/mol. The molecule has 1 atom stereocenters. The molecule has 1 saturated carbocycles. The number of carbonyl (C=O) groups is 1. The van der Waals surface area contributed by atoms with E-state index in [9.17, 15) is 14.9 Å². The summed E-state index contributed by atoms with van der Waals surface area (Å²) < 4.78 is 0. The highest BCUT2D eigenvalue weighted by atomic mass is 16.6. The van der Waals surface area contributed by atoms with Crippen molar-refractivity contribution in [3.63, 3.8) is 0 Å². The number of nitrogens with one attached hydrogen (secondary N) is 1. The molecule has 7 heteroatoms. The number of nitro benzene ring substituents is 1. The number of anilines is 1. The van der Waals surface area contributed by atoms with Crippen LogP contribution in [0.2, 0.25) is 0 Å². The number of hydrogen-bond donors (Lipinski definition) is 3. The van der Waals surface area contributed by atoms with E-state index in [1.165, 1.54) is 24.6 Å². The maximum absolute atomic E-state index is 12.4. The molecule has 1 aliphatic rings. The Bertz CT molecular complexity index is 556. The summed E-state index contributed by atoms with van der Waals surface area (Å²) in [5.41, 5.74) is 11.8. The van der Waals surface area contributed by atoms with Gasteiger partial charge in [-0.05, 0) is 24.8 Å². The van der Waals surface area contributed by atoms with Crippen LogP contribution in [0.4, 0.5) is 11.4 Å². The van der Waals surface area contributed by atoms with Gasteiger partial charge in [0.15, 0.2) is 0 Å². The first kappa shape index (κ1) is 16.2. The van der Waals surface area contributed by atoms with Crippen LogP contribution in [0.25, 0.3) is 0 Å². The lowest BCUT2D eigenvalue weighted by molar-refractivity contribution is -0.384. The van der Waals surface area contributed by atoms with Gasteiger partial charge in [0.2, 0.25) is 0 Å². The second-order valence-electron chi connectivity index (χ2n) is 5.74. The fourth-order valence-corrected chi connectivity index (χ4v) is 3.01. The topological polar surface area (TPSA) is 124 Å². The number of nitrogens with zero attached hydrogens (tertiary/aromatic N) is 1. The van der Waals surface area contributed by atoms with Crippen molar-refractivity contribution in [1.82, 2.24) is 5.32 Å². The molecule has 0 spiro atoms. The van der Waals surface area contributed by atoms with Crippen molar-refractivity contribution in [1.29, 1.82) is 0 Å². The van der Waals surface area contributed by atoms with Crippen LogP contribution >= 0.6 is 0 Å². The van der Waals surface area contributed by atoms with Crippen molar-refractivity contribution in [2.75, 3.05) is 12.3 Å². The Hall–Kier alpha value is -2.15. The second-order valence-corrected chi connectivity index (χ2v) is 5.74. The normalized spacial score (nSPS) is 17.0. The number of carbonyl (C=O) groups excluding carboxylic acids is 1. The lowest BCUT2D eigenvalue weighted by atomic mass is 9.84. The van der Waals surface area contributed by atoms with Crippen molar-refractivity contribution in [2.45, 2.75) is 38.1 Å². The standard InChI is InChI=1S/C15H22N4O3/c16-9-14(10-4-2-1-3-5-10)18-15(20)12-8-11(19(21)22)6-7-13(12)17/h6-8,10,14H,1-5,9,16-17H2,(H,18,20). The third-order valence-electron chi connectivity index (χ3n) is 4.28. The van der Waals surface area contributed by atoms with Crippen LogP contribution in [0.5, 0.6) is 0 Å². The number of nitro groups is 1. The number of rotatable bonds is 5. The van der Waals surface area contributed by atoms with E-state index in [0.29, 0.717) is 12.5 Å². The highest BCUT2D eigenvalue weighted by Crippen LogP contribution is 2.27. The summed E-state index contributed by atoms with van der Waals surface area (Å²) in [6.07, 6.45) is 5.62. The Balaban J connectivity index is 2.13. The van der Waals surface area contributed by atoms with E-state index in [2.05, 4.69) is 5.32 Å². The molecule has 7 nitrogen and oxygen atoms in total. The maximum Gasteiger partial charge on any atom is 0.270 e. The smallest absolute Gasteiger partial charge is 0.270 e. The van der Waals surface area contributed by atoms with Gasteiger partial charge in [-0.3, -0.25) is 14.9 Å². The highest BCUT2D eigenvalue weighted by Gasteiger charge is 2.25. The SMILES string of the molecule is NCC(NC(=O)c1cc([N+](=O)[O-])ccc1N)C1CCCCC1. The molecular formula is C15H22N4O3. The molecule has 2 rings (SSSR count). The van der Waals surface area contributed by atoms with Crippen LogP contribution in [0.3, 0.4) is 0 Å². The van der Waals surface area contributed by atoms with Crippen molar-refractivity contribution < 1.29 is 9.72 Å². The lowest BCUT2D eigenvalue weighted by Crippen LogP contribution is -2.46. The number of nitrogens with two attached hydrogens (primary N) is 2. The molecule has 5 N–H and O–H groups in total. The number of non-ortho nitro benzene ring substituents is 1. The molecule has 0 aliphatic heterocycles. The van der Waals surface area contributed by atoms with E-state index in [4.69, 9.17) is 11.5 Å². The quantitative estimate of drug-likeness (QED) is 0.435. The highest BCUT2D eigenvalue weighted by molar-refractivity contribution is 6.00. The minimum Gasteiger partial charge on any atom is -0.398 e. The molecule has 0 radical (unpaired) electrons. The number of hydrogen-bond acceptors (Lipinski definition) is 5. The molecule has 1 aromatic carbocycles. The van der Waals surface area contributed by atoms with Crippen LogP contribution in [-0.2, 0) is 0 Å². The molecule has 0 saturated heterocycles. The van der Waals surface area contributed by atoms with E-state index in [1.807, 2.05) is 0 Å². The average molecular weight is 306 g/mol. The van der Waals surface area contributed by atoms with Gasteiger partial charge >= 0.3 is 0 Å². The van der Waals surface area contributed by atoms with Gasteiger partial charge in [0, 0.05) is 30.4 Å². The van der Waals surface area contributed by atoms with E-state index < -0.39 is 10.8 Å². The zero-order chi connectivity index (χ0) is 16.1. The fraction of sp³-hybridized carbons (Fsp3) is 0.533. The molecule has 0 aromatic heterocycles. The third-order valence-corrected chi connectivity index (χ3v) is 4.28. The van der Waals surface area contributed by atoms with Gasteiger partial charge in [0.1, 0.15) is 0 Å². The maximum atomic E-state index is 12.4. The van der Waals surface area contributed by atoms with E-state index >= 15 is 0 Å². The summed E-state index contributed by atoms with van der Waals surface area (Å²) in [6.45, 7) is 0.352. The predicted octanol–water partition coefficient (Wildman–Crippen LogP) is 1.81. The molecular weight excluding hydrogens is 284 g/mol. The zero-order valence-electron chi connectivity index (χ0n) is 12.5. The summed E-state index contributed by atoms with van der Waals surface area (Å²) in [5, 5.41) is 13.7. The van der Waals surface area contributed by atoms with Crippen LogP contribution in [-0.4, -0.2) is 23.4 Å². The van der Waals surface area contributed by atoms with Gasteiger partial charge in [0.05, 0.1) is 10.5 Å². The molecule has 1 aromatic rings. The second kappa shape index (κ2) is 7.22. The molecule has 0 bridgehead atoms. The van der Waals surface area contributed by atoms with Crippen LogP contribution in [0, 0.1) is 16.0 Å². The van der Waals surface area contributed by atoms with Crippen molar-refractivity contribution in [3.8, 4) is 0 Å². The molecule has 120 valence electrons. The first-order chi connectivity index (χ1) is 10.5. The van der Waals surface area contributed by atoms with Gasteiger partial charge < -0.3 is 16.8 Å². The van der Waals surface area contributed by atoms with Gasteiger partial charge in [-0.15, -0.1) is 0 Å². The van der Waals surface area contributed by atoms with E-state index in [1.54, 1.807) is 0 Å². The first-order valence-corrected chi connectivity index (χ1v) is 7.57. The minimum absolute atomic E-state index is 0.119.